The van der Waals surface area contributed by atoms with Gasteiger partial charge in [0.2, 0.25) is 0 Å². The summed E-state index contributed by atoms with van der Waals surface area (Å²) in [6.45, 7) is 13.5. The molecule has 0 N–H and O–H groups in total. The molecule has 0 unspecified atom stereocenters. The van der Waals surface area contributed by atoms with Crippen LogP contribution < -0.4 is 10.4 Å². The molecule has 0 aliphatic carbocycles. The summed E-state index contributed by atoms with van der Waals surface area (Å²) in [5, 5.41) is 2.32. The van der Waals surface area contributed by atoms with Gasteiger partial charge in [-0.3, -0.25) is 0 Å². The molecule has 172 valence electrons. The quantitative estimate of drug-likeness (QED) is 0.520. The number of amides is 1. The van der Waals surface area contributed by atoms with E-state index in [0.29, 0.717) is 13.1 Å². The second kappa shape index (κ2) is 8.32. The molecule has 2 aromatic carbocycles. The van der Waals surface area contributed by atoms with E-state index < -0.39 is 13.9 Å². The van der Waals surface area contributed by atoms with Crippen LogP contribution in [-0.4, -0.2) is 56.3 Å². The van der Waals surface area contributed by atoms with Gasteiger partial charge >= 0.3 is 6.09 Å². The van der Waals surface area contributed by atoms with Gasteiger partial charge in [0.05, 0.1) is 19.2 Å². The molecule has 0 saturated carbocycles. The molecule has 0 bridgehead atoms. The number of nitrogens with zero attached hydrogens (tertiary/aromatic N) is 1. The molecule has 0 radical (unpaired) electrons. The minimum absolute atomic E-state index is 0.0134. The maximum absolute atomic E-state index is 12.8. The van der Waals surface area contributed by atoms with Crippen LogP contribution in [0.4, 0.5) is 4.79 Å². The largest absolute Gasteiger partial charge is 0.444 e. The minimum atomic E-state index is -2.72. The SMILES string of the molecule is CC(C)(C)OC(=O)N1C[C@H](O[Si](c2ccccc2)(c2ccccc2)C(C)(C)C)[C@@H]2O[C@@H]2C1. The van der Waals surface area contributed by atoms with E-state index in [1.807, 2.05) is 32.9 Å². The summed E-state index contributed by atoms with van der Waals surface area (Å²) in [6, 6.07) is 21.2. The molecule has 2 saturated heterocycles. The fourth-order valence-corrected chi connectivity index (χ4v) is 9.42. The van der Waals surface area contributed by atoms with Gasteiger partial charge in [-0.1, -0.05) is 81.4 Å². The number of likely N-dealkylation sites (tertiary alicyclic amines) is 1. The van der Waals surface area contributed by atoms with Crippen LogP contribution in [0.5, 0.6) is 0 Å². The molecule has 2 aliphatic rings. The van der Waals surface area contributed by atoms with Crippen molar-refractivity contribution < 1.29 is 18.7 Å². The van der Waals surface area contributed by atoms with Crippen molar-refractivity contribution >= 4 is 24.8 Å². The second-order valence-electron chi connectivity index (χ2n) is 10.8. The van der Waals surface area contributed by atoms with Crippen molar-refractivity contribution in [1.82, 2.24) is 4.90 Å². The van der Waals surface area contributed by atoms with E-state index >= 15 is 0 Å². The third-order valence-corrected chi connectivity index (χ3v) is 11.2. The lowest BCUT2D eigenvalue weighted by Gasteiger charge is -2.46. The third kappa shape index (κ3) is 4.49. The lowest BCUT2D eigenvalue weighted by molar-refractivity contribution is 0.0112. The highest BCUT2D eigenvalue weighted by Crippen LogP contribution is 2.41. The number of fused-ring (bicyclic) bond motifs is 1. The topological polar surface area (TPSA) is 51.3 Å². The Hall–Kier alpha value is -2.15. The summed E-state index contributed by atoms with van der Waals surface area (Å²) in [4.78, 5) is 14.6. The maximum Gasteiger partial charge on any atom is 0.410 e. The number of hydrogen-bond donors (Lipinski definition) is 0. The van der Waals surface area contributed by atoms with E-state index in [1.54, 1.807) is 4.90 Å². The second-order valence-corrected chi connectivity index (χ2v) is 15.1. The first-order valence-corrected chi connectivity index (χ1v) is 13.3. The first-order chi connectivity index (χ1) is 15.0. The summed E-state index contributed by atoms with van der Waals surface area (Å²) in [5.74, 6) is 0. The van der Waals surface area contributed by atoms with Crippen LogP contribution in [0.15, 0.2) is 60.7 Å². The molecule has 1 amide bonds. The Bertz CT molecular complexity index is 896. The maximum atomic E-state index is 12.8. The molecule has 2 aliphatic heterocycles. The molecule has 0 spiro atoms. The highest BCUT2D eigenvalue weighted by atomic mass is 28.4. The molecule has 6 heteroatoms. The number of rotatable bonds is 4. The van der Waals surface area contributed by atoms with Crippen molar-refractivity contribution in [2.75, 3.05) is 13.1 Å². The van der Waals surface area contributed by atoms with Crippen LogP contribution in [0.2, 0.25) is 5.04 Å². The predicted octanol–water partition coefficient (Wildman–Crippen LogP) is 3.95. The fraction of sp³-hybridized carbons (Fsp3) is 0.500. The van der Waals surface area contributed by atoms with Gasteiger partial charge in [0.15, 0.2) is 0 Å². The van der Waals surface area contributed by atoms with E-state index in [9.17, 15) is 4.79 Å². The molecular weight excluding hydrogens is 418 g/mol. The zero-order chi connectivity index (χ0) is 23.1. The van der Waals surface area contributed by atoms with Gasteiger partial charge in [0.1, 0.15) is 17.8 Å². The zero-order valence-electron chi connectivity index (χ0n) is 20.0. The average molecular weight is 454 g/mol. The van der Waals surface area contributed by atoms with Crippen LogP contribution in [0, 0.1) is 0 Å². The van der Waals surface area contributed by atoms with Gasteiger partial charge in [-0.25, -0.2) is 4.79 Å². The van der Waals surface area contributed by atoms with Crippen LogP contribution in [-0.2, 0) is 13.9 Å². The first kappa shape index (κ1) is 23.0. The van der Waals surface area contributed by atoms with Crippen LogP contribution >= 0.6 is 0 Å². The highest BCUT2D eigenvalue weighted by molar-refractivity contribution is 6.99. The van der Waals surface area contributed by atoms with Gasteiger partial charge < -0.3 is 18.8 Å². The van der Waals surface area contributed by atoms with Crippen LogP contribution in [0.1, 0.15) is 41.5 Å². The summed E-state index contributed by atoms with van der Waals surface area (Å²) in [7, 11) is -2.72. The molecule has 32 heavy (non-hydrogen) atoms. The molecule has 5 nitrogen and oxygen atoms in total. The van der Waals surface area contributed by atoms with E-state index in [-0.39, 0.29) is 29.4 Å². The smallest absolute Gasteiger partial charge is 0.410 e. The number of benzene rings is 2. The van der Waals surface area contributed by atoms with Crippen molar-refractivity contribution in [1.29, 1.82) is 0 Å². The standard InChI is InChI=1S/C26H35NO4Si/c1-25(2,3)30-24(28)27-17-21-23(29-21)22(18-27)31-32(26(4,5)6,19-13-9-7-10-14-19)20-15-11-8-12-16-20/h7-16,21-23H,17-18H2,1-6H3/t21-,22+,23-/m1/s1. The van der Waals surface area contributed by atoms with Crippen molar-refractivity contribution in [3.8, 4) is 0 Å². The van der Waals surface area contributed by atoms with E-state index in [1.165, 1.54) is 10.4 Å². The van der Waals surface area contributed by atoms with Crippen molar-refractivity contribution in [3.05, 3.63) is 60.7 Å². The summed E-state index contributed by atoms with van der Waals surface area (Å²) >= 11 is 0. The van der Waals surface area contributed by atoms with Crippen LogP contribution in [0.3, 0.4) is 0 Å². The Balaban J connectivity index is 1.71. The molecule has 2 fully saturated rings. The number of epoxide rings is 1. The third-order valence-electron chi connectivity index (χ3n) is 6.19. The van der Waals surface area contributed by atoms with Crippen LogP contribution in [0.25, 0.3) is 0 Å². The monoisotopic (exact) mass is 453 g/mol. The Morgan fingerprint density at radius 1 is 0.906 bits per heavy atom. The van der Waals surface area contributed by atoms with Gasteiger partial charge in [-0.05, 0) is 36.2 Å². The van der Waals surface area contributed by atoms with Gasteiger partial charge in [-0.15, -0.1) is 0 Å². The number of piperidine rings is 1. The fourth-order valence-electron chi connectivity index (χ4n) is 4.74. The van der Waals surface area contributed by atoms with Gasteiger partial charge in [0, 0.05) is 0 Å². The number of carbonyl (C=O) groups is 1. The normalized spacial score (nSPS) is 23.4. The zero-order valence-corrected chi connectivity index (χ0v) is 21.0. The Morgan fingerprint density at radius 2 is 1.44 bits per heavy atom. The average Bonchev–Trinajstić information content (AvgIpc) is 3.51. The Kier molecular flexibility index (Phi) is 5.99. The van der Waals surface area contributed by atoms with Gasteiger partial charge in [-0.2, -0.15) is 0 Å². The van der Waals surface area contributed by atoms with E-state index in [4.69, 9.17) is 13.9 Å². The lowest BCUT2D eigenvalue weighted by atomic mass is 10.1. The lowest BCUT2D eigenvalue weighted by Crippen LogP contribution is -2.69. The van der Waals surface area contributed by atoms with Gasteiger partial charge in [0.25, 0.3) is 8.32 Å². The number of carbonyl (C=O) groups excluding carboxylic acids is 1. The number of ether oxygens (including phenoxy) is 2. The molecule has 4 rings (SSSR count). The van der Waals surface area contributed by atoms with E-state index in [0.717, 1.165) is 0 Å². The molecule has 3 atom stereocenters. The number of hydrogen-bond acceptors (Lipinski definition) is 4. The Morgan fingerprint density at radius 3 is 1.91 bits per heavy atom. The molecular formula is C26H35NO4Si. The van der Waals surface area contributed by atoms with Crippen molar-refractivity contribution in [3.63, 3.8) is 0 Å². The van der Waals surface area contributed by atoms with Crippen molar-refractivity contribution in [2.24, 2.45) is 0 Å². The highest BCUT2D eigenvalue weighted by Gasteiger charge is 2.58. The minimum Gasteiger partial charge on any atom is -0.444 e. The molecule has 2 aromatic rings. The predicted molar refractivity (Wildman–Crippen MR) is 129 cm³/mol. The summed E-state index contributed by atoms with van der Waals surface area (Å²) < 4.78 is 18.9. The van der Waals surface area contributed by atoms with E-state index in [2.05, 4.69) is 69.3 Å². The Labute approximate surface area is 192 Å². The molecule has 2 heterocycles. The molecule has 0 aromatic heterocycles. The van der Waals surface area contributed by atoms with Crippen molar-refractivity contribution in [2.45, 2.75) is 70.5 Å². The summed E-state index contributed by atoms with van der Waals surface area (Å²) in [5.41, 5.74) is -0.535. The summed E-state index contributed by atoms with van der Waals surface area (Å²) in [6.07, 6.45) is -0.468. The first-order valence-electron chi connectivity index (χ1n) is 11.4.